The van der Waals surface area contributed by atoms with Crippen LogP contribution in [0.25, 0.3) is 10.2 Å². The Labute approximate surface area is 130 Å². The molecule has 5 nitrogen and oxygen atoms in total. The lowest BCUT2D eigenvalue weighted by atomic mass is 10.3. The average Bonchev–Trinajstić information content (AvgIpc) is 2.89. The lowest BCUT2D eigenvalue weighted by Crippen LogP contribution is -2.14. The summed E-state index contributed by atoms with van der Waals surface area (Å²) < 4.78 is 1.01. The minimum Gasteiger partial charge on any atom is -0.373 e. The average molecular weight is 319 g/mol. The fourth-order valence-electron chi connectivity index (χ4n) is 1.82. The monoisotopic (exact) mass is 318 g/mol. The van der Waals surface area contributed by atoms with Crippen molar-refractivity contribution in [2.24, 2.45) is 0 Å². The molecule has 1 aromatic carbocycles. The molecule has 0 unspecified atom stereocenters. The fraction of sp³-hybridized carbons (Fsp3) is 0.0714. The van der Waals surface area contributed by atoms with Crippen molar-refractivity contribution in [1.29, 1.82) is 0 Å². The smallest absolute Gasteiger partial charge is 0.277 e. The van der Waals surface area contributed by atoms with Gasteiger partial charge < -0.3 is 5.32 Å². The van der Waals surface area contributed by atoms with Crippen LogP contribution in [0.1, 0.15) is 10.5 Å². The number of fused-ring (bicyclic) bond motifs is 1. The quantitative estimate of drug-likeness (QED) is 0.773. The second-order valence-corrected chi connectivity index (χ2v) is 5.66. The molecule has 0 spiro atoms. The number of nitrogens with one attached hydrogen (secondary N) is 2. The van der Waals surface area contributed by atoms with Gasteiger partial charge in [-0.1, -0.05) is 35.1 Å². The summed E-state index contributed by atoms with van der Waals surface area (Å²) in [7, 11) is 1.73. The number of para-hydroxylation sites is 1. The van der Waals surface area contributed by atoms with Gasteiger partial charge in [0.05, 0.1) is 15.2 Å². The number of pyridine rings is 1. The van der Waals surface area contributed by atoms with Crippen LogP contribution >= 0.6 is 22.9 Å². The summed E-state index contributed by atoms with van der Waals surface area (Å²) in [5, 5.41) is 6.43. The molecule has 3 rings (SSSR count). The number of anilines is 2. The van der Waals surface area contributed by atoms with E-state index >= 15 is 0 Å². The molecule has 0 aliphatic heterocycles. The summed E-state index contributed by atoms with van der Waals surface area (Å²) in [6.45, 7) is 0. The molecule has 0 bridgehead atoms. The van der Waals surface area contributed by atoms with E-state index < -0.39 is 0 Å². The highest BCUT2D eigenvalue weighted by Gasteiger charge is 2.15. The summed E-state index contributed by atoms with van der Waals surface area (Å²) in [6.07, 6.45) is 0. The summed E-state index contributed by atoms with van der Waals surface area (Å²) >= 11 is 7.43. The predicted molar refractivity (Wildman–Crippen MR) is 86.4 cm³/mol. The van der Waals surface area contributed by atoms with E-state index in [4.69, 9.17) is 11.6 Å². The molecule has 0 saturated heterocycles. The topological polar surface area (TPSA) is 66.9 Å². The molecule has 0 saturated carbocycles. The van der Waals surface area contributed by atoms with E-state index in [1.807, 2.05) is 24.3 Å². The molecular formula is C14H11ClN4OS. The van der Waals surface area contributed by atoms with Crippen LogP contribution in [0.15, 0.2) is 36.4 Å². The van der Waals surface area contributed by atoms with Crippen molar-refractivity contribution >= 4 is 50.0 Å². The third-order valence-corrected chi connectivity index (χ3v) is 4.09. The highest BCUT2D eigenvalue weighted by Crippen LogP contribution is 2.26. The number of halogens is 1. The minimum atomic E-state index is -0.379. The van der Waals surface area contributed by atoms with Crippen LogP contribution < -0.4 is 10.6 Å². The maximum Gasteiger partial charge on any atom is 0.277 e. The van der Waals surface area contributed by atoms with Crippen LogP contribution in [0.2, 0.25) is 5.02 Å². The van der Waals surface area contributed by atoms with Crippen LogP contribution in [0.5, 0.6) is 0 Å². The van der Waals surface area contributed by atoms with Gasteiger partial charge in [0.2, 0.25) is 0 Å². The predicted octanol–water partition coefficient (Wildman–Crippen LogP) is 3.64. The second-order valence-electron chi connectivity index (χ2n) is 4.22. The first-order valence-electron chi connectivity index (χ1n) is 6.18. The first kappa shape index (κ1) is 13.8. The van der Waals surface area contributed by atoms with Crippen molar-refractivity contribution in [3.63, 3.8) is 0 Å². The Morgan fingerprint density at radius 1 is 1.19 bits per heavy atom. The number of thiazole rings is 1. The third kappa shape index (κ3) is 2.81. The number of hydrogen-bond acceptors (Lipinski definition) is 5. The van der Waals surface area contributed by atoms with Crippen molar-refractivity contribution in [3.05, 3.63) is 47.1 Å². The molecule has 0 fully saturated rings. The Balaban J connectivity index is 1.89. The maximum absolute atomic E-state index is 12.3. The number of nitrogens with zero attached hydrogens (tertiary/aromatic N) is 2. The van der Waals surface area contributed by atoms with E-state index in [1.165, 1.54) is 11.3 Å². The summed E-state index contributed by atoms with van der Waals surface area (Å²) in [5.41, 5.74) is 1.02. The number of aromatic nitrogens is 2. The number of carbonyl (C=O) groups is 1. The molecule has 106 valence electrons. The van der Waals surface area contributed by atoms with Gasteiger partial charge in [0, 0.05) is 7.05 Å². The van der Waals surface area contributed by atoms with Crippen molar-refractivity contribution in [2.75, 3.05) is 17.7 Å². The molecule has 2 N–H and O–H groups in total. The Bertz CT molecular complexity index is 785. The number of hydrogen-bond donors (Lipinski definition) is 2. The van der Waals surface area contributed by atoms with E-state index in [1.54, 1.807) is 19.2 Å². The SMILES string of the molecule is CNc1ccc(Cl)c(C(=O)Nc2nc3ccccc3s2)n1. The zero-order valence-corrected chi connectivity index (χ0v) is 12.6. The minimum absolute atomic E-state index is 0.169. The van der Waals surface area contributed by atoms with E-state index in [0.29, 0.717) is 16.0 Å². The largest absolute Gasteiger partial charge is 0.373 e. The van der Waals surface area contributed by atoms with Gasteiger partial charge in [0.25, 0.3) is 5.91 Å². The molecule has 3 aromatic rings. The Morgan fingerprint density at radius 2 is 2.00 bits per heavy atom. The lowest BCUT2D eigenvalue weighted by molar-refractivity contribution is 0.102. The first-order valence-corrected chi connectivity index (χ1v) is 7.38. The molecule has 2 heterocycles. The van der Waals surface area contributed by atoms with Crippen LogP contribution in [0.3, 0.4) is 0 Å². The molecule has 0 radical (unpaired) electrons. The zero-order chi connectivity index (χ0) is 14.8. The van der Waals surface area contributed by atoms with Crippen molar-refractivity contribution in [3.8, 4) is 0 Å². The molecule has 7 heteroatoms. The fourth-order valence-corrected chi connectivity index (χ4v) is 2.87. The molecule has 1 amide bonds. The highest BCUT2D eigenvalue weighted by molar-refractivity contribution is 7.22. The van der Waals surface area contributed by atoms with E-state index in [0.717, 1.165) is 10.2 Å². The number of carbonyl (C=O) groups excluding carboxylic acids is 1. The summed E-state index contributed by atoms with van der Waals surface area (Å²) in [4.78, 5) is 20.8. The van der Waals surface area contributed by atoms with Crippen molar-refractivity contribution in [2.45, 2.75) is 0 Å². The van der Waals surface area contributed by atoms with Crippen LogP contribution in [-0.4, -0.2) is 22.9 Å². The first-order chi connectivity index (χ1) is 10.2. The standard InChI is InChI=1S/C14H11ClN4OS/c1-16-11-7-6-8(15)12(18-11)13(20)19-14-17-9-4-2-3-5-10(9)21-14/h2-7H,1H3,(H,16,18)(H,17,19,20). The van der Waals surface area contributed by atoms with Crippen LogP contribution in [0.4, 0.5) is 10.9 Å². The number of benzene rings is 1. The van der Waals surface area contributed by atoms with Gasteiger partial charge in [0.1, 0.15) is 11.5 Å². The third-order valence-electron chi connectivity index (χ3n) is 2.83. The molecule has 0 aliphatic carbocycles. The Morgan fingerprint density at radius 3 is 2.76 bits per heavy atom. The van der Waals surface area contributed by atoms with Gasteiger partial charge in [-0.05, 0) is 24.3 Å². The van der Waals surface area contributed by atoms with Gasteiger partial charge in [0.15, 0.2) is 5.13 Å². The molecule has 21 heavy (non-hydrogen) atoms. The van der Waals surface area contributed by atoms with Gasteiger partial charge in [-0.3, -0.25) is 10.1 Å². The van der Waals surface area contributed by atoms with Crippen LogP contribution in [-0.2, 0) is 0 Å². The van der Waals surface area contributed by atoms with Gasteiger partial charge >= 0.3 is 0 Å². The summed E-state index contributed by atoms with van der Waals surface area (Å²) in [6, 6.07) is 11.0. The number of amides is 1. The Hall–Kier alpha value is -2.18. The lowest BCUT2D eigenvalue weighted by Gasteiger charge is -2.05. The van der Waals surface area contributed by atoms with Gasteiger partial charge in [-0.2, -0.15) is 0 Å². The zero-order valence-electron chi connectivity index (χ0n) is 11.1. The Kier molecular flexibility index (Phi) is 3.72. The maximum atomic E-state index is 12.3. The van der Waals surface area contributed by atoms with Crippen molar-refractivity contribution < 1.29 is 4.79 Å². The second kappa shape index (κ2) is 5.67. The number of rotatable bonds is 3. The van der Waals surface area contributed by atoms with E-state index in [-0.39, 0.29) is 11.6 Å². The van der Waals surface area contributed by atoms with Gasteiger partial charge in [-0.15, -0.1) is 0 Å². The van der Waals surface area contributed by atoms with Crippen molar-refractivity contribution in [1.82, 2.24) is 9.97 Å². The van der Waals surface area contributed by atoms with Crippen LogP contribution in [0, 0.1) is 0 Å². The normalized spacial score (nSPS) is 10.6. The van der Waals surface area contributed by atoms with E-state index in [9.17, 15) is 4.79 Å². The highest BCUT2D eigenvalue weighted by atomic mass is 35.5. The van der Waals surface area contributed by atoms with E-state index in [2.05, 4.69) is 20.6 Å². The molecule has 0 atom stereocenters. The molecular weight excluding hydrogens is 308 g/mol. The summed E-state index contributed by atoms with van der Waals surface area (Å²) in [5.74, 6) is 0.199. The molecule has 0 aliphatic rings. The molecule has 2 aromatic heterocycles. The van der Waals surface area contributed by atoms with Gasteiger partial charge in [-0.25, -0.2) is 9.97 Å².